The van der Waals surface area contributed by atoms with Gasteiger partial charge in [0.05, 0.1) is 11.9 Å². The van der Waals surface area contributed by atoms with Crippen molar-refractivity contribution in [1.82, 2.24) is 9.97 Å². The highest BCUT2D eigenvalue weighted by Gasteiger charge is 2.05. The molecule has 0 aliphatic carbocycles. The first-order valence-electron chi connectivity index (χ1n) is 3.65. The van der Waals surface area contributed by atoms with Crippen molar-refractivity contribution in [3.05, 3.63) is 17.7 Å². The van der Waals surface area contributed by atoms with Crippen LogP contribution in [0.1, 0.15) is 12.6 Å². The predicted molar refractivity (Wildman–Crippen MR) is 44.0 cm³/mol. The van der Waals surface area contributed by atoms with Gasteiger partial charge in [0, 0.05) is 7.05 Å². The van der Waals surface area contributed by atoms with Crippen molar-refractivity contribution in [2.75, 3.05) is 12.1 Å². The lowest BCUT2D eigenvalue weighted by atomic mass is 10.3. The summed E-state index contributed by atoms with van der Waals surface area (Å²) in [5.41, 5.74) is 0.386. The van der Waals surface area contributed by atoms with Crippen molar-refractivity contribution < 1.29 is 4.39 Å². The van der Waals surface area contributed by atoms with E-state index in [4.69, 9.17) is 5.84 Å². The molecule has 12 heavy (non-hydrogen) atoms. The smallest absolute Gasteiger partial charge is 0.239 e. The number of rotatable bonds is 2. The van der Waals surface area contributed by atoms with E-state index in [2.05, 4.69) is 9.97 Å². The third-order valence-electron chi connectivity index (χ3n) is 1.45. The number of aromatic nitrogens is 2. The van der Waals surface area contributed by atoms with Crippen molar-refractivity contribution in [3.63, 3.8) is 0 Å². The van der Waals surface area contributed by atoms with Gasteiger partial charge in [-0.3, -0.25) is 5.01 Å². The van der Waals surface area contributed by atoms with E-state index in [9.17, 15) is 4.39 Å². The maximum atomic E-state index is 12.8. The molecule has 0 unspecified atom stereocenters. The van der Waals surface area contributed by atoms with E-state index >= 15 is 0 Å². The summed E-state index contributed by atoms with van der Waals surface area (Å²) in [6.45, 7) is 1.83. The highest BCUT2D eigenvalue weighted by molar-refractivity contribution is 5.26. The first kappa shape index (κ1) is 8.86. The molecule has 0 bridgehead atoms. The highest BCUT2D eigenvalue weighted by Crippen LogP contribution is 2.07. The Bertz CT molecular complexity index is 274. The molecule has 0 saturated heterocycles. The molecule has 0 spiro atoms. The molecule has 5 heteroatoms. The fourth-order valence-corrected chi connectivity index (χ4v) is 0.810. The van der Waals surface area contributed by atoms with Crippen molar-refractivity contribution >= 4 is 5.95 Å². The second-order valence-electron chi connectivity index (χ2n) is 2.43. The van der Waals surface area contributed by atoms with E-state index in [-0.39, 0.29) is 5.82 Å². The first-order chi connectivity index (χ1) is 5.65. The van der Waals surface area contributed by atoms with Crippen LogP contribution in [0.25, 0.3) is 0 Å². The van der Waals surface area contributed by atoms with Crippen LogP contribution in [-0.2, 0) is 6.42 Å². The van der Waals surface area contributed by atoms with E-state index in [0.717, 1.165) is 6.20 Å². The molecule has 66 valence electrons. The summed E-state index contributed by atoms with van der Waals surface area (Å²) in [5, 5.41) is 1.25. The fourth-order valence-electron chi connectivity index (χ4n) is 0.810. The van der Waals surface area contributed by atoms with Crippen molar-refractivity contribution in [2.45, 2.75) is 13.3 Å². The zero-order valence-electron chi connectivity index (χ0n) is 7.08. The number of hydrogen-bond acceptors (Lipinski definition) is 4. The molecule has 1 heterocycles. The Labute approximate surface area is 70.2 Å². The summed E-state index contributed by atoms with van der Waals surface area (Å²) in [6, 6.07) is 0. The molecule has 0 saturated carbocycles. The molecule has 2 N–H and O–H groups in total. The summed E-state index contributed by atoms with van der Waals surface area (Å²) < 4.78 is 12.8. The number of hydrogen-bond donors (Lipinski definition) is 1. The van der Waals surface area contributed by atoms with Crippen molar-refractivity contribution in [2.24, 2.45) is 5.84 Å². The Morgan fingerprint density at radius 2 is 2.33 bits per heavy atom. The Morgan fingerprint density at radius 1 is 1.67 bits per heavy atom. The van der Waals surface area contributed by atoms with Gasteiger partial charge in [0.25, 0.3) is 0 Å². The number of aryl methyl sites for hydroxylation is 1. The minimum Gasteiger partial charge on any atom is -0.282 e. The molecule has 0 aromatic carbocycles. The molecule has 0 aliphatic heterocycles. The van der Waals surface area contributed by atoms with Gasteiger partial charge in [-0.2, -0.15) is 0 Å². The molecule has 0 fully saturated rings. The number of anilines is 1. The van der Waals surface area contributed by atoms with Gasteiger partial charge in [0.1, 0.15) is 0 Å². The SMILES string of the molecule is CCc1nc(N(C)N)ncc1F. The van der Waals surface area contributed by atoms with Crippen LogP contribution in [0.15, 0.2) is 6.20 Å². The topological polar surface area (TPSA) is 55.0 Å². The second-order valence-corrected chi connectivity index (χ2v) is 2.43. The van der Waals surface area contributed by atoms with Gasteiger partial charge in [-0.25, -0.2) is 20.2 Å². The van der Waals surface area contributed by atoms with Crippen LogP contribution in [-0.4, -0.2) is 17.0 Å². The molecule has 1 aromatic rings. The average molecular weight is 170 g/mol. The lowest BCUT2D eigenvalue weighted by Crippen LogP contribution is -2.27. The zero-order chi connectivity index (χ0) is 9.14. The zero-order valence-corrected chi connectivity index (χ0v) is 7.08. The van der Waals surface area contributed by atoms with Crippen LogP contribution < -0.4 is 10.9 Å². The average Bonchev–Trinajstić information content (AvgIpc) is 2.05. The van der Waals surface area contributed by atoms with Gasteiger partial charge in [0.15, 0.2) is 5.82 Å². The van der Waals surface area contributed by atoms with Gasteiger partial charge in [-0.15, -0.1) is 0 Å². The Kier molecular flexibility index (Phi) is 2.54. The van der Waals surface area contributed by atoms with Gasteiger partial charge in [-0.1, -0.05) is 6.92 Å². The van der Waals surface area contributed by atoms with Gasteiger partial charge in [0.2, 0.25) is 5.95 Å². The van der Waals surface area contributed by atoms with E-state index in [1.54, 1.807) is 7.05 Å². The summed E-state index contributed by atoms with van der Waals surface area (Å²) in [6.07, 6.45) is 1.67. The second kappa shape index (κ2) is 3.44. The number of nitrogens with zero attached hydrogens (tertiary/aromatic N) is 3. The highest BCUT2D eigenvalue weighted by atomic mass is 19.1. The third kappa shape index (κ3) is 1.68. The quantitative estimate of drug-likeness (QED) is 0.518. The van der Waals surface area contributed by atoms with Crippen LogP contribution in [0.3, 0.4) is 0 Å². The van der Waals surface area contributed by atoms with Gasteiger partial charge < -0.3 is 0 Å². The minimum atomic E-state index is -0.386. The van der Waals surface area contributed by atoms with Gasteiger partial charge in [-0.05, 0) is 6.42 Å². The molecule has 0 aliphatic rings. The van der Waals surface area contributed by atoms with Gasteiger partial charge >= 0.3 is 0 Å². The molecule has 1 aromatic heterocycles. The molecule has 4 nitrogen and oxygen atoms in total. The van der Waals surface area contributed by atoms with Crippen LogP contribution in [0.5, 0.6) is 0 Å². The van der Waals surface area contributed by atoms with E-state index in [1.165, 1.54) is 5.01 Å². The maximum Gasteiger partial charge on any atom is 0.239 e. The van der Waals surface area contributed by atoms with Crippen LogP contribution >= 0.6 is 0 Å². The Hall–Kier alpha value is -1.23. The van der Waals surface area contributed by atoms with Crippen LogP contribution in [0.4, 0.5) is 10.3 Å². The van der Waals surface area contributed by atoms with Crippen LogP contribution in [0.2, 0.25) is 0 Å². The summed E-state index contributed by atoms with van der Waals surface area (Å²) in [4.78, 5) is 7.61. The molecule has 1 rings (SSSR count). The van der Waals surface area contributed by atoms with E-state index in [0.29, 0.717) is 18.1 Å². The first-order valence-corrected chi connectivity index (χ1v) is 3.65. The molecule has 0 radical (unpaired) electrons. The fraction of sp³-hybridized carbons (Fsp3) is 0.429. The lowest BCUT2D eigenvalue weighted by molar-refractivity contribution is 0.592. The number of hydrazine groups is 1. The largest absolute Gasteiger partial charge is 0.282 e. The molecule has 0 amide bonds. The Balaban J connectivity index is 3.05. The summed E-state index contributed by atoms with van der Waals surface area (Å²) in [5.74, 6) is 5.31. The normalized spacial score (nSPS) is 10.0. The number of halogens is 1. The monoisotopic (exact) mass is 170 g/mol. The third-order valence-corrected chi connectivity index (χ3v) is 1.45. The van der Waals surface area contributed by atoms with E-state index in [1.807, 2.05) is 6.92 Å². The van der Waals surface area contributed by atoms with E-state index < -0.39 is 0 Å². The van der Waals surface area contributed by atoms with Crippen LogP contribution in [0, 0.1) is 5.82 Å². The minimum absolute atomic E-state index is 0.327. The molecule has 0 atom stereocenters. The summed E-state index contributed by atoms with van der Waals surface area (Å²) in [7, 11) is 1.60. The lowest BCUT2D eigenvalue weighted by Gasteiger charge is -2.09. The maximum absolute atomic E-state index is 12.8. The summed E-state index contributed by atoms with van der Waals surface area (Å²) >= 11 is 0. The standard InChI is InChI=1S/C7H11FN4/c1-3-6-5(8)4-10-7(11-6)12(2)9/h4H,3,9H2,1-2H3. The molecular weight excluding hydrogens is 159 g/mol. The van der Waals surface area contributed by atoms with Crippen molar-refractivity contribution in [3.8, 4) is 0 Å². The number of nitrogens with two attached hydrogens (primary N) is 1. The van der Waals surface area contributed by atoms with Crippen molar-refractivity contribution in [1.29, 1.82) is 0 Å². The predicted octanol–water partition coefficient (Wildman–Crippen LogP) is 0.488. The Morgan fingerprint density at radius 3 is 2.83 bits per heavy atom. The molecular formula is C7H11FN4.